The van der Waals surface area contributed by atoms with Crippen molar-refractivity contribution in [3.8, 4) is 0 Å². The van der Waals surface area contributed by atoms with E-state index in [0.29, 0.717) is 12.4 Å². The summed E-state index contributed by atoms with van der Waals surface area (Å²) in [5.41, 5.74) is 15.6. The average Bonchev–Trinajstić information content (AvgIpc) is 2.18. The van der Waals surface area contributed by atoms with Gasteiger partial charge in [0.15, 0.2) is 0 Å². The number of aryl methyl sites for hydroxylation is 1. The molecule has 1 rings (SSSR count). The Labute approximate surface area is 81.9 Å². The Morgan fingerprint density at radius 3 is 3.21 bits per heavy atom. The van der Waals surface area contributed by atoms with Crippen LogP contribution in [0.25, 0.3) is 16.5 Å². The van der Waals surface area contributed by atoms with Crippen molar-refractivity contribution in [1.82, 2.24) is 4.98 Å². The Morgan fingerprint density at radius 2 is 2.50 bits per heavy atom. The van der Waals surface area contributed by atoms with Crippen molar-refractivity contribution in [3.05, 3.63) is 39.9 Å². The summed E-state index contributed by atoms with van der Waals surface area (Å²) in [5, 5.41) is 3.37. The lowest BCUT2D eigenvalue weighted by Crippen LogP contribution is -1.93. The van der Waals surface area contributed by atoms with Crippen molar-refractivity contribution in [1.29, 1.82) is 0 Å². The van der Waals surface area contributed by atoms with Crippen molar-refractivity contribution in [2.45, 2.75) is 6.92 Å². The van der Waals surface area contributed by atoms with Gasteiger partial charge in [-0.05, 0) is 24.1 Å². The van der Waals surface area contributed by atoms with Crippen molar-refractivity contribution < 1.29 is 0 Å². The van der Waals surface area contributed by atoms with Crippen molar-refractivity contribution in [2.24, 2.45) is 5.11 Å². The fourth-order valence-electron chi connectivity index (χ4n) is 0.999. The van der Waals surface area contributed by atoms with E-state index in [4.69, 9.17) is 11.3 Å². The molecule has 14 heavy (non-hydrogen) atoms. The zero-order valence-corrected chi connectivity index (χ0v) is 7.88. The van der Waals surface area contributed by atoms with Gasteiger partial charge < -0.3 is 5.73 Å². The van der Waals surface area contributed by atoms with Gasteiger partial charge in [-0.1, -0.05) is 17.3 Å². The van der Waals surface area contributed by atoms with Crippen LogP contribution in [0, 0.1) is 6.92 Å². The normalized spacial score (nSPS) is 10.1. The first-order valence-electron chi connectivity index (χ1n) is 4.13. The minimum atomic E-state index is 0.323. The predicted octanol–water partition coefficient (Wildman–Crippen LogP) is 2.30. The molecule has 0 amide bonds. The Morgan fingerprint density at radius 1 is 1.71 bits per heavy atom. The van der Waals surface area contributed by atoms with Gasteiger partial charge in [0.2, 0.25) is 0 Å². The van der Waals surface area contributed by atoms with Crippen LogP contribution in [0.15, 0.2) is 23.5 Å². The van der Waals surface area contributed by atoms with E-state index in [2.05, 4.69) is 15.0 Å². The maximum absolute atomic E-state index is 8.05. The molecule has 0 aromatic carbocycles. The fraction of sp³-hybridized carbons (Fsp3) is 0.222. The molecule has 1 aromatic heterocycles. The van der Waals surface area contributed by atoms with E-state index >= 15 is 0 Å². The maximum Gasteiger partial charge on any atom is 0.130 e. The molecular weight excluding hydrogens is 178 g/mol. The van der Waals surface area contributed by atoms with Gasteiger partial charge in [0.25, 0.3) is 0 Å². The highest BCUT2D eigenvalue weighted by Gasteiger charge is 1.95. The van der Waals surface area contributed by atoms with E-state index in [0.717, 1.165) is 11.1 Å². The molecule has 1 heterocycles. The minimum absolute atomic E-state index is 0.323. The number of anilines is 1. The quantitative estimate of drug-likeness (QED) is 0.449. The Bertz CT molecular complexity index is 390. The summed E-state index contributed by atoms with van der Waals surface area (Å²) in [6.07, 6.45) is 5.25. The minimum Gasteiger partial charge on any atom is -0.383 e. The molecule has 1 aromatic rings. The van der Waals surface area contributed by atoms with Gasteiger partial charge in [0, 0.05) is 23.2 Å². The topological polar surface area (TPSA) is 87.7 Å². The summed E-state index contributed by atoms with van der Waals surface area (Å²) in [4.78, 5) is 6.63. The third kappa shape index (κ3) is 2.80. The second-order valence-electron chi connectivity index (χ2n) is 2.80. The zero-order valence-electron chi connectivity index (χ0n) is 7.88. The molecule has 5 nitrogen and oxygen atoms in total. The first kappa shape index (κ1) is 10.1. The van der Waals surface area contributed by atoms with E-state index in [9.17, 15) is 0 Å². The number of azide groups is 1. The molecule has 0 bridgehead atoms. The molecular formula is C9H11N5. The van der Waals surface area contributed by atoms with E-state index in [-0.39, 0.29) is 0 Å². The predicted molar refractivity (Wildman–Crippen MR) is 56.4 cm³/mol. The third-order valence-electron chi connectivity index (χ3n) is 1.63. The molecule has 0 radical (unpaired) electrons. The van der Waals surface area contributed by atoms with Crippen LogP contribution >= 0.6 is 0 Å². The Hall–Kier alpha value is -2.00. The number of nitrogen functional groups attached to an aromatic ring is 1. The van der Waals surface area contributed by atoms with Gasteiger partial charge in [-0.2, -0.15) is 0 Å². The number of nitrogens with zero attached hydrogens (tertiary/aromatic N) is 4. The van der Waals surface area contributed by atoms with Crippen LogP contribution in [0.5, 0.6) is 0 Å². The molecule has 0 aliphatic rings. The average molecular weight is 189 g/mol. The molecule has 0 spiro atoms. The number of nitrogens with two attached hydrogens (primary N) is 1. The molecule has 0 atom stereocenters. The van der Waals surface area contributed by atoms with Crippen LogP contribution in [-0.4, -0.2) is 11.5 Å². The SMILES string of the molecule is Cc1cnc(N)c(C=CCN=[N+]=[N-])c1. The Kier molecular flexibility index (Phi) is 3.52. The summed E-state index contributed by atoms with van der Waals surface area (Å²) in [6, 6.07) is 1.93. The van der Waals surface area contributed by atoms with Gasteiger partial charge >= 0.3 is 0 Å². The molecule has 0 unspecified atom stereocenters. The largest absolute Gasteiger partial charge is 0.383 e. The molecule has 0 fully saturated rings. The maximum atomic E-state index is 8.05. The summed E-state index contributed by atoms with van der Waals surface area (Å²) in [5.74, 6) is 0.479. The molecule has 0 saturated heterocycles. The van der Waals surface area contributed by atoms with Crippen LogP contribution in [0.2, 0.25) is 0 Å². The second kappa shape index (κ2) is 4.89. The van der Waals surface area contributed by atoms with Crippen molar-refractivity contribution in [2.75, 3.05) is 12.3 Å². The van der Waals surface area contributed by atoms with Gasteiger partial charge in [-0.25, -0.2) is 4.98 Å². The molecule has 0 aliphatic heterocycles. The summed E-state index contributed by atoms with van der Waals surface area (Å²) >= 11 is 0. The van der Waals surface area contributed by atoms with Crippen LogP contribution in [0.4, 0.5) is 5.82 Å². The second-order valence-corrected chi connectivity index (χ2v) is 2.80. The number of rotatable bonds is 3. The smallest absolute Gasteiger partial charge is 0.130 e. The van der Waals surface area contributed by atoms with E-state index in [1.807, 2.05) is 13.0 Å². The molecule has 2 N–H and O–H groups in total. The standard InChI is InChI=1S/C9H11N5/c1-7-5-8(9(10)12-6-7)3-2-4-13-14-11/h2-3,5-6H,4H2,1H3,(H2,10,12). The van der Waals surface area contributed by atoms with Crippen molar-refractivity contribution >= 4 is 11.9 Å². The monoisotopic (exact) mass is 189 g/mol. The highest BCUT2D eigenvalue weighted by Crippen LogP contribution is 2.11. The molecule has 72 valence electrons. The Balaban J connectivity index is 2.79. The van der Waals surface area contributed by atoms with Crippen LogP contribution in [0.1, 0.15) is 11.1 Å². The number of aromatic nitrogens is 1. The zero-order chi connectivity index (χ0) is 10.4. The molecule has 0 aliphatic carbocycles. The lowest BCUT2D eigenvalue weighted by Gasteiger charge is -1.99. The van der Waals surface area contributed by atoms with E-state index < -0.39 is 0 Å². The van der Waals surface area contributed by atoms with Crippen LogP contribution in [0.3, 0.4) is 0 Å². The first-order valence-corrected chi connectivity index (χ1v) is 4.13. The number of hydrogen-bond donors (Lipinski definition) is 1. The highest BCUT2D eigenvalue weighted by molar-refractivity contribution is 5.61. The van der Waals surface area contributed by atoms with Gasteiger partial charge in [0.1, 0.15) is 5.82 Å². The van der Waals surface area contributed by atoms with Crippen LogP contribution in [-0.2, 0) is 0 Å². The van der Waals surface area contributed by atoms with Crippen LogP contribution < -0.4 is 5.73 Å². The fourth-order valence-corrected chi connectivity index (χ4v) is 0.999. The molecule has 0 saturated carbocycles. The van der Waals surface area contributed by atoms with Gasteiger partial charge in [0.05, 0.1) is 0 Å². The summed E-state index contributed by atoms with van der Waals surface area (Å²) in [6.45, 7) is 2.26. The van der Waals surface area contributed by atoms with E-state index in [1.54, 1.807) is 18.3 Å². The third-order valence-corrected chi connectivity index (χ3v) is 1.63. The molecule has 5 heteroatoms. The lowest BCUT2D eigenvalue weighted by atomic mass is 10.2. The van der Waals surface area contributed by atoms with Crippen molar-refractivity contribution in [3.63, 3.8) is 0 Å². The number of hydrogen-bond acceptors (Lipinski definition) is 3. The summed E-state index contributed by atoms with van der Waals surface area (Å²) < 4.78 is 0. The van der Waals surface area contributed by atoms with Gasteiger partial charge in [-0.15, -0.1) is 0 Å². The lowest BCUT2D eigenvalue weighted by molar-refractivity contribution is 1.22. The van der Waals surface area contributed by atoms with E-state index in [1.165, 1.54) is 0 Å². The highest BCUT2D eigenvalue weighted by atomic mass is 15.1. The first-order chi connectivity index (χ1) is 6.74. The number of pyridine rings is 1. The van der Waals surface area contributed by atoms with Gasteiger partial charge in [-0.3, -0.25) is 0 Å². The summed E-state index contributed by atoms with van der Waals surface area (Å²) in [7, 11) is 0.